The van der Waals surface area contributed by atoms with Crippen LogP contribution in [0.4, 0.5) is 17.6 Å². The third-order valence-electron chi connectivity index (χ3n) is 2.16. The molecule has 0 bridgehead atoms. The van der Waals surface area contributed by atoms with E-state index in [1.165, 1.54) is 30.6 Å². The third kappa shape index (κ3) is 8.09. The first-order valence-corrected chi connectivity index (χ1v) is 7.40. The molecule has 0 aliphatic rings. The minimum atomic E-state index is -2.68. The third-order valence-corrected chi connectivity index (χ3v) is 2.83. The molecule has 2 rings (SSSR count). The SMILES string of the molecule is CN=P.FC(F)c1ncccc1Br.N#Cc1cccnc1C(F)F. The highest BCUT2D eigenvalue weighted by Crippen LogP contribution is 2.23. The van der Waals surface area contributed by atoms with Crippen LogP contribution in [0.1, 0.15) is 29.8 Å². The molecule has 0 amide bonds. The van der Waals surface area contributed by atoms with Crippen molar-refractivity contribution in [1.82, 2.24) is 9.97 Å². The summed E-state index contributed by atoms with van der Waals surface area (Å²) in [7, 11) is 4.47. The van der Waals surface area contributed by atoms with E-state index in [9.17, 15) is 17.6 Å². The minimum Gasteiger partial charge on any atom is -0.275 e. The zero-order valence-corrected chi connectivity index (χ0v) is 14.9. The number of halogens is 5. The summed E-state index contributed by atoms with van der Waals surface area (Å²) in [6.07, 6.45) is -2.60. The van der Waals surface area contributed by atoms with Crippen molar-refractivity contribution in [3.8, 4) is 6.07 Å². The van der Waals surface area contributed by atoms with Crippen LogP contribution in [0.25, 0.3) is 0 Å². The maximum absolute atomic E-state index is 12.0. The Balaban J connectivity index is 0.000000381. The minimum absolute atomic E-state index is 0.0671. The molecular formula is C14H12BrF4N4P. The summed E-state index contributed by atoms with van der Waals surface area (Å²) in [6.45, 7) is 0. The largest absolute Gasteiger partial charge is 0.281 e. The Kier molecular flexibility index (Phi) is 11.5. The van der Waals surface area contributed by atoms with Crippen molar-refractivity contribution in [1.29, 1.82) is 5.26 Å². The molecule has 0 N–H and O–H groups in total. The first-order valence-electron chi connectivity index (χ1n) is 6.16. The Morgan fingerprint density at radius 2 is 1.54 bits per heavy atom. The van der Waals surface area contributed by atoms with Gasteiger partial charge in [-0.1, -0.05) is 0 Å². The number of hydrogen-bond donors (Lipinski definition) is 0. The number of rotatable bonds is 2. The van der Waals surface area contributed by atoms with Gasteiger partial charge in [-0.15, -0.1) is 0 Å². The van der Waals surface area contributed by atoms with E-state index in [4.69, 9.17) is 5.26 Å². The molecule has 4 nitrogen and oxygen atoms in total. The van der Waals surface area contributed by atoms with Crippen molar-refractivity contribution in [2.45, 2.75) is 12.9 Å². The van der Waals surface area contributed by atoms with Crippen molar-refractivity contribution >= 4 is 25.0 Å². The van der Waals surface area contributed by atoms with Crippen molar-refractivity contribution < 1.29 is 17.6 Å². The molecule has 0 aromatic carbocycles. The number of aromatic nitrogens is 2. The van der Waals surface area contributed by atoms with Gasteiger partial charge in [0.25, 0.3) is 12.9 Å². The van der Waals surface area contributed by atoms with E-state index < -0.39 is 18.5 Å². The quantitative estimate of drug-likeness (QED) is 0.466. The van der Waals surface area contributed by atoms with E-state index in [-0.39, 0.29) is 11.3 Å². The molecule has 0 aliphatic carbocycles. The van der Waals surface area contributed by atoms with E-state index in [1.807, 2.05) is 0 Å². The number of pyridine rings is 2. The topological polar surface area (TPSA) is 61.9 Å². The molecule has 0 saturated carbocycles. The van der Waals surface area contributed by atoms with Gasteiger partial charge >= 0.3 is 0 Å². The Bertz CT molecular complexity index is 680. The van der Waals surface area contributed by atoms with Crippen LogP contribution in [0.2, 0.25) is 0 Å². The van der Waals surface area contributed by atoms with Crippen LogP contribution in [-0.2, 0) is 0 Å². The van der Waals surface area contributed by atoms with E-state index in [1.54, 1.807) is 19.2 Å². The Labute approximate surface area is 147 Å². The van der Waals surface area contributed by atoms with Gasteiger partial charge in [0.1, 0.15) is 17.5 Å². The molecular weight excluding hydrogens is 411 g/mol. The second-order valence-electron chi connectivity index (χ2n) is 3.74. The number of alkyl halides is 4. The van der Waals surface area contributed by atoms with Crippen LogP contribution in [0.15, 0.2) is 45.9 Å². The first kappa shape index (κ1) is 22.1. The van der Waals surface area contributed by atoms with Crippen LogP contribution < -0.4 is 0 Å². The molecule has 0 unspecified atom stereocenters. The van der Waals surface area contributed by atoms with Crippen LogP contribution in [0.5, 0.6) is 0 Å². The zero-order chi connectivity index (χ0) is 18.5. The van der Waals surface area contributed by atoms with E-state index in [0.717, 1.165) is 0 Å². The Hall–Kier alpha value is -1.91. The van der Waals surface area contributed by atoms with Crippen molar-refractivity contribution in [2.24, 2.45) is 4.74 Å². The summed E-state index contributed by atoms with van der Waals surface area (Å²) in [5, 5.41) is 8.34. The van der Waals surface area contributed by atoms with E-state index in [0.29, 0.717) is 4.47 Å². The maximum atomic E-state index is 12.0. The van der Waals surface area contributed by atoms with Crippen molar-refractivity contribution in [3.05, 3.63) is 58.1 Å². The Morgan fingerprint density at radius 3 is 1.88 bits per heavy atom. The van der Waals surface area contributed by atoms with Gasteiger partial charge in [0.05, 0.1) is 5.56 Å². The van der Waals surface area contributed by atoms with Crippen LogP contribution in [-0.4, -0.2) is 17.0 Å². The predicted molar refractivity (Wildman–Crippen MR) is 87.5 cm³/mol. The van der Waals surface area contributed by atoms with Gasteiger partial charge in [-0.3, -0.25) is 14.7 Å². The lowest BCUT2D eigenvalue weighted by Crippen LogP contribution is -1.93. The second kappa shape index (κ2) is 12.5. The number of nitriles is 1. The molecule has 0 radical (unpaired) electrons. The predicted octanol–water partition coefficient (Wildman–Crippen LogP) is 5.62. The van der Waals surface area contributed by atoms with Gasteiger partial charge in [-0.25, -0.2) is 17.6 Å². The molecule has 0 saturated heterocycles. The lowest BCUT2D eigenvalue weighted by Gasteiger charge is -1.98. The van der Waals surface area contributed by atoms with Gasteiger partial charge in [0, 0.05) is 23.9 Å². The first-order chi connectivity index (χ1) is 11.4. The number of nitrogens with zero attached hydrogens (tertiary/aromatic N) is 4. The molecule has 0 fully saturated rings. The van der Waals surface area contributed by atoms with Gasteiger partial charge in [-0.2, -0.15) is 5.26 Å². The zero-order valence-electron chi connectivity index (χ0n) is 12.3. The lowest BCUT2D eigenvalue weighted by molar-refractivity contribution is 0.145. The van der Waals surface area contributed by atoms with Crippen molar-refractivity contribution in [2.75, 3.05) is 7.05 Å². The standard InChI is InChI=1S/C7H4F2N2.C6H4BrF2N.CH4NP/c8-7(9)6-5(4-10)2-1-3-11-6;7-4-2-1-3-10-5(4)6(8)9;1-2-3/h1-3,7H;1-3,6H;3H,1H3. The summed E-state index contributed by atoms with van der Waals surface area (Å²) < 4.78 is 51.5. The Morgan fingerprint density at radius 1 is 1.08 bits per heavy atom. The highest BCUT2D eigenvalue weighted by atomic mass is 79.9. The van der Waals surface area contributed by atoms with Crippen LogP contribution in [0, 0.1) is 11.3 Å². The molecule has 2 heterocycles. The average Bonchev–Trinajstić information content (AvgIpc) is 2.56. The molecule has 0 atom stereocenters. The summed E-state index contributed by atoms with van der Waals surface area (Å²) in [4.78, 5) is 6.86. The summed E-state index contributed by atoms with van der Waals surface area (Å²) >= 11 is 2.95. The monoisotopic (exact) mass is 422 g/mol. The summed E-state index contributed by atoms with van der Waals surface area (Å²) in [5.41, 5.74) is -0.722. The fourth-order valence-corrected chi connectivity index (χ4v) is 1.67. The highest BCUT2D eigenvalue weighted by molar-refractivity contribution is 9.10. The molecule has 24 heavy (non-hydrogen) atoms. The van der Waals surface area contributed by atoms with Gasteiger partial charge < -0.3 is 0 Å². The molecule has 2 aromatic heterocycles. The second-order valence-corrected chi connectivity index (χ2v) is 5.05. The van der Waals surface area contributed by atoms with Gasteiger partial charge in [0.2, 0.25) is 0 Å². The van der Waals surface area contributed by atoms with Gasteiger partial charge in [0.15, 0.2) is 0 Å². The van der Waals surface area contributed by atoms with E-state index >= 15 is 0 Å². The van der Waals surface area contributed by atoms with Crippen molar-refractivity contribution in [3.63, 3.8) is 0 Å². The summed E-state index contributed by atoms with van der Waals surface area (Å²) in [6, 6.07) is 7.53. The van der Waals surface area contributed by atoms with Gasteiger partial charge in [-0.05, 0) is 49.2 Å². The lowest BCUT2D eigenvalue weighted by atomic mass is 10.2. The number of hydrogen-bond acceptors (Lipinski definition) is 4. The molecule has 128 valence electrons. The fourth-order valence-electron chi connectivity index (χ4n) is 1.24. The normalized spacial score (nSPS) is 9.29. The fraction of sp³-hybridized carbons (Fsp3) is 0.214. The average molecular weight is 423 g/mol. The molecule has 2 aromatic rings. The molecule has 0 aliphatic heterocycles. The molecule has 0 spiro atoms. The van der Waals surface area contributed by atoms with Crippen LogP contribution >= 0.6 is 25.0 Å². The summed E-state index contributed by atoms with van der Waals surface area (Å²) in [5.74, 6) is 0. The maximum Gasteiger partial charge on any atom is 0.281 e. The molecule has 10 heteroatoms. The highest BCUT2D eigenvalue weighted by Gasteiger charge is 2.12. The smallest absolute Gasteiger partial charge is 0.275 e. The van der Waals surface area contributed by atoms with E-state index in [2.05, 4.69) is 39.7 Å². The van der Waals surface area contributed by atoms with Crippen LogP contribution in [0.3, 0.4) is 0 Å².